The summed E-state index contributed by atoms with van der Waals surface area (Å²) in [6.07, 6.45) is 0.0821. The van der Waals surface area contributed by atoms with Crippen molar-refractivity contribution in [2.45, 2.75) is 31.9 Å². The molecule has 2 N–H and O–H groups in total. The lowest BCUT2D eigenvalue weighted by Gasteiger charge is -2.19. The number of carboxylic acid groups (broad SMARTS) is 1. The molecule has 0 bridgehead atoms. The van der Waals surface area contributed by atoms with Gasteiger partial charge in [-0.1, -0.05) is 30.3 Å². The number of carboxylic acids is 1. The number of carbonyl (C=O) groups is 2. The average Bonchev–Trinajstić information content (AvgIpc) is 2.49. The molecule has 6 nitrogen and oxygen atoms in total. The van der Waals surface area contributed by atoms with Crippen LogP contribution in [0.1, 0.15) is 18.9 Å². The van der Waals surface area contributed by atoms with Crippen molar-refractivity contribution in [1.82, 2.24) is 5.32 Å². The van der Waals surface area contributed by atoms with Gasteiger partial charge in [0.05, 0.1) is 12.7 Å². The maximum Gasteiger partial charge on any atom is 0.407 e. The second-order valence-corrected chi connectivity index (χ2v) is 4.63. The first kappa shape index (κ1) is 17.0. The monoisotopic (exact) mass is 295 g/mol. The maximum absolute atomic E-state index is 11.5. The van der Waals surface area contributed by atoms with Crippen LogP contribution in [-0.4, -0.2) is 43.0 Å². The molecule has 0 saturated carbocycles. The van der Waals surface area contributed by atoms with Crippen LogP contribution in [-0.2, 0) is 20.7 Å². The second-order valence-electron chi connectivity index (χ2n) is 4.63. The first-order valence-electron chi connectivity index (χ1n) is 6.77. The van der Waals surface area contributed by atoms with E-state index in [4.69, 9.17) is 14.6 Å². The summed E-state index contributed by atoms with van der Waals surface area (Å²) in [5, 5.41) is 11.3. The van der Waals surface area contributed by atoms with Gasteiger partial charge in [-0.25, -0.2) is 9.59 Å². The van der Waals surface area contributed by atoms with Crippen LogP contribution in [0, 0.1) is 0 Å². The van der Waals surface area contributed by atoms with Crippen molar-refractivity contribution in [2.75, 3.05) is 13.7 Å². The van der Waals surface area contributed by atoms with Crippen LogP contribution in [0.25, 0.3) is 0 Å². The molecule has 0 unspecified atom stereocenters. The highest BCUT2D eigenvalue weighted by molar-refractivity contribution is 5.80. The molecule has 0 spiro atoms. The predicted molar refractivity (Wildman–Crippen MR) is 77.1 cm³/mol. The molecule has 0 fully saturated rings. The van der Waals surface area contributed by atoms with Gasteiger partial charge < -0.3 is 19.9 Å². The van der Waals surface area contributed by atoms with Crippen LogP contribution in [0.5, 0.6) is 0 Å². The highest BCUT2D eigenvalue weighted by atomic mass is 16.5. The topological polar surface area (TPSA) is 84.9 Å². The molecular weight excluding hydrogens is 274 g/mol. The normalized spacial score (nSPS) is 13.2. The average molecular weight is 295 g/mol. The van der Waals surface area contributed by atoms with Crippen molar-refractivity contribution in [3.8, 4) is 0 Å². The Kier molecular flexibility index (Phi) is 7.25. The minimum atomic E-state index is -1.16. The fourth-order valence-corrected chi connectivity index (χ4v) is 1.77. The third-order valence-corrected chi connectivity index (χ3v) is 3.07. The van der Waals surface area contributed by atoms with Crippen LogP contribution in [0.2, 0.25) is 0 Å². The van der Waals surface area contributed by atoms with Gasteiger partial charge in [-0.3, -0.25) is 0 Å². The van der Waals surface area contributed by atoms with Gasteiger partial charge >= 0.3 is 12.1 Å². The highest BCUT2D eigenvalue weighted by Crippen LogP contribution is 2.03. The SMILES string of the molecule is CO[C@H](C)[C@H](NC(=O)OCCCc1ccccc1)C(=O)O. The van der Waals surface area contributed by atoms with E-state index in [9.17, 15) is 9.59 Å². The van der Waals surface area contributed by atoms with Gasteiger partial charge in [0, 0.05) is 7.11 Å². The molecule has 0 aliphatic carbocycles. The number of benzene rings is 1. The number of hydrogen-bond donors (Lipinski definition) is 2. The van der Waals surface area contributed by atoms with E-state index >= 15 is 0 Å². The van der Waals surface area contributed by atoms with E-state index in [1.54, 1.807) is 6.92 Å². The number of alkyl carbamates (subject to hydrolysis) is 1. The summed E-state index contributed by atoms with van der Waals surface area (Å²) in [5.74, 6) is -1.16. The van der Waals surface area contributed by atoms with Crippen LogP contribution in [0.4, 0.5) is 4.79 Å². The Morgan fingerprint density at radius 3 is 2.52 bits per heavy atom. The molecule has 0 heterocycles. The largest absolute Gasteiger partial charge is 0.480 e. The molecule has 0 aromatic heterocycles. The van der Waals surface area contributed by atoms with Gasteiger partial charge in [-0.2, -0.15) is 0 Å². The predicted octanol–water partition coefficient (Wildman–Crippen LogP) is 1.83. The summed E-state index contributed by atoms with van der Waals surface area (Å²) in [4.78, 5) is 22.5. The quantitative estimate of drug-likeness (QED) is 0.715. The van der Waals surface area contributed by atoms with Crippen molar-refractivity contribution < 1.29 is 24.2 Å². The maximum atomic E-state index is 11.5. The molecular formula is C15H21NO5. The zero-order chi connectivity index (χ0) is 15.7. The Bertz CT molecular complexity index is 449. The minimum absolute atomic E-state index is 0.231. The van der Waals surface area contributed by atoms with E-state index in [-0.39, 0.29) is 6.61 Å². The first-order valence-corrected chi connectivity index (χ1v) is 6.77. The van der Waals surface area contributed by atoms with Crippen LogP contribution >= 0.6 is 0 Å². The smallest absolute Gasteiger partial charge is 0.407 e. The molecule has 1 rings (SSSR count). The Morgan fingerprint density at radius 1 is 1.29 bits per heavy atom. The molecule has 0 radical (unpaired) electrons. The van der Waals surface area contributed by atoms with Gasteiger partial charge in [-0.05, 0) is 25.3 Å². The van der Waals surface area contributed by atoms with Gasteiger partial charge in [0.15, 0.2) is 6.04 Å². The summed E-state index contributed by atoms with van der Waals surface area (Å²) < 4.78 is 9.88. The summed E-state index contributed by atoms with van der Waals surface area (Å²) in [6, 6.07) is 8.72. The van der Waals surface area contributed by atoms with E-state index in [0.29, 0.717) is 6.42 Å². The number of rotatable bonds is 8. The molecule has 1 aromatic rings. The molecule has 116 valence electrons. The van der Waals surface area contributed by atoms with Gasteiger partial charge in [0.2, 0.25) is 0 Å². The standard InChI is InChI=1S/C15H21NO5/c1-11(20-2)13(14(17)18)16-15(19)21-10-6-9-12-7-4-3-5-8-12/h3-5,7-8,11,13H,6,9-10H2,1-2H3,(H,16,19)(H,17,18)/t11-,13+/m1/s1. The highest BCUT2D eigenvalue weighted by Gasteiger charge is 2.26. The number of ether oxygens (including phenoxy) is 2. The molecule has 21 heavy (non-hydrogen) atoms. The molecule has 0 aliphatic heterocycles. The Labute approximate surface area is 124 Å². The number of carbonyl (C=O) groups excluding carboxylic acids is 1. The zero-order valence-electron chi connectivity index (χ0n) is 12.2. The zero-order valence-corrected chi connectivity index (χ0v) is 12.2. The minimum Gasteiger partial charge on any atom is -0.480 e. The van der Waals surface area contributed by atoms with E-state index in [1.165, 1.54) is 7.11 Å². The van der Waals surface area contributed by atoms with Gasteiger partial charge in [0.1, 0.15) is 0 Å². The van der Waals surface area contributed by atoms with Crippen molar-refractivity contribution in [3.05, 3.63) is 35.9 Å². The van der Waals surface area contributed by atoms with E-state index in [2.05, 4.69) is 5.32 Å². The molecule has 2 atom stereocenters. The molecule has 6 heteroatoms. The lowest BCUT2D eigenvalue weighted by atomic mass is 10.1. The lowest BCUT2D eigenvalue weighted by molar-refractivity contribution is -0.142. The number of methoxy groups -OCH3 is 1. The van der Waals surface area contributed by atoms with E-state index in [0.717, 1.165) is 12.0 Å². The van der Waals surface area contributed by atoms with Crippen molar-refractivity contribution in [2.24, 2.45) is 0 Å². The number of aryl methyl sites for hydroxylation is 1. The summed E-state index contributed by atoms with van der Waals surface area (Å²) in [6.45, 7) is 1.79. The van der Waals surface area contributed by atoms with Crippen LogP contribution in [0.15, 0.2) is 30.3 Å². The van der Waals surface area contributed by atoms with E-state index in [1.807, 2.05) is 30.3 Å². The Hall–Kier alpha value is -2.08. The lowest BCUT2D eigenvalue weighted by Crippen LogP contribution is -2.48. The Morgan fingerprint density at radius 2 is 1.95 bits per heavy atom. The number of nitrogens with one attached hydrogen (secondary N) is 1. The number of amides is 1. The fraction of sp³-hybridized carbons (Fsp3) is 0.467. The third kappa shape index (κ3) is 6.27. The summed E-state index contributed by atoms with van der Waals surface area (Å²) in [7, 11) is 1.38. The first-order chi connectivity index (χ1) is 10.0. The van der Waals surface area contributed by atoms with E-state index < -0.39 is 24.2 Å². The van der Waals surface area contributed by atoms with Crippen molar-refractivity contribution in [3.63, 3.8) is 0 Å². The summed E-state index contributed by atoms with van der Waals surface area (Å²) >= 11 is 0. The molecule has 0 saturated heterocycles. The van der Waals surface area contributed by atoms with Crippen molar-refractivity contribution in [1.29, 1.82) is 0 Å². The second kappa shape index (κ2) is 8.97. The van der Waals surface area contributed by atoms with Gasteiger partial charge in [0.25, 0.3) is 0 Å². The number of aliphatic carboxylic acids is 1. The summed E-state index contributed by atoms with van der Waals surface area (Å²) in [5.41, 5.74) is 1.16. The number of hydrogen-bond acceptors (Lipinski definition) is 4. The molecule has 0 aliphatic rings. The van der Waals surface area contributed by atoms with Crippen molar-refractivity contribution >= 4 is 12.1 Å². The Balaban J connectivity index is 2.28. The van der Waals surface area contributed by atoms with Crippen LogP contribution < -0.4 is 5.32 Å². The van der Waals surface area contributed by atoms with Crippen LogP contribution in [0.3, 0.4) is 0 Å². The molecule has 1 amide bonds. The van der Waals surface area contributed by atoms with Gasteiger partial charge in [-0.15, -0.1) is 0 Å². The fourth-order valence-electron chi connectivity index (χ4n) is 1.77. The third-order valence-electron chi connectivity index (χ3n) is 3.07. The molecule has 1 aromatic carbocycles.